The lowest BCUT2D eigenvalue weighted by atomic mass is 10.1. The average molecular weight is 580 g/mol. The smallest absolute Gasteiger partial charge is 0.267 e. The molecule has 1 unspecified atom stereocenters. The molecule has 0 aromatic heterocycles. The van der Waals surface area contributed by atoms with E-state index in [0.29, 0.717) is 45.1 Å². The van der Waals surface area contributed by atoms with E-state index < -0.39 is 6.04 Å². The van der Waals surface area contributed by atoms with Crippen molar-refractivity contribution in [3.05, 3.63) is 135 Å². The Labute approximate surface area is 249 Å². The number of carbonyl (C=O) groups excluding carboxylic acids is 2. The van der Waals surface area contributed by atoms with E-state index in [1.807, 2.05) is 91.9 Å². The van der Waals surface area contributed by atoms with Crippen molar-refractivity contribution in [3.63, 3.8) is 0 Å². The molecule has 0 spiro atoms. The van der Waals surface area contributed by atoms with E-state index >= 15 is 0 Å². The van der Waals surface area contributed by atoms with Gasteiger partial charge in [-0.1, -0.05) is 114 Å². The fourth-order valence-corrected chi connectivity index (χ4v) is 5.66. The third-order valence-electron chi connectivity index (χ3n) is 6.68. The van der Waals surface area contributed by atoms with Gasteiger partial charge in [-0.2, -0.15) is 0 Å². The molecule has 0 aliphatic carbocycles. The largest absolute Gasteiger partial charge is 0.489 e. The molecule has 1 aliphatic heterocycles. The minimum Gasteiger partial charge on any atom is -0.489 e. The van der Waals surface area contributed by atoms with E-state index in [-0.39, 0.29) is 5.91 Å². The van der Waals surface area contributed by atoms with Crippen molar-refractivity contribution in [2.75, 3.05) is 0 Å². The van der Waals surface area contributed by atoms with E-state index in [0.717, 1.165) is 17.4 Å². The van der Waals surface area contributed by atoms with Gasteiger partial charge in [-0.3, -0.25) is 9.69 Å². The van der Waals surface area contributed by atoms with Gasteiger partial charge >= 0.3 is 0 Å². The predicted octanol–water partition coefficient (Wildman–Crippen LogP) is 7.60. The lowest BCUT2D eigenvalue weighted by Crippen LogP contribution is -2.33. The second kappa shape index (κ2) is 13.0. The van der Waals surface area contributed by atoms with Crippen LogP contribution in [0.1, 0.15) is 39.4 Å². The molecular formula is C34H29NO4S2. The monoisotopic (exact) mass is 579 g/mol. The molecular weight excluding hydrogens is 551 g/mol. The van der Waals surface area contributed by atoms with Crippen LogP contribution in [0.2, 0.25) is 0 Å². The molecule has 41 heavy (non-hydrogen) atoms. The topological polar surface area (TPSA) is 55.8 Å². The zero-order chi connectivity index (χ0) is 28.8. The summed E-state index contributed by atoms with van der Waals surface area (Å²) in [6.07, 6.45) is 2.51. The summed E-state index contributed by atoms with van der Waals surface area (Å²) < 4.78 is 12.7. The van der Waals surface area contributed by atoms with Crippen LogP contribution in [0.4, 0.5) is 0 Å². The summed E-state index contributed by atoms with van der Waals surface area (Å²) in [5.41, 5.74) is 5.87. The van der Waals surface area contributed by atoms with Crippen LogP contribution in [-0.4, -0.2) is 21.4 Å². The first-order valence-corrected chi connectivity index (χ1v) is 14.4. The van der Waals surface area contributed by atoms with Gasteiger partial charge in [-0.25, -0.2) is 0 Å². The fraction of sp³-hybridized carbons (Fsp3) is 0.147. The van der Waals surface area contributed by atoms with Gasteiger partial charge in [0.1, 0.15) is 41.4 Å². The number of hydrogen-bond acceptors (Lipinski definition) is 6. The van der Waals surface area contributed by atoms with Crippen LogP contribution in [0.5, 0.6) is 11.5 Å². The summed E-state index contributed by atoms with van der Waals surface area (Å²) in [5, 5.41) is 0. The minimum atomic E-state index is -0.788. The third-order valence-corrected chi connectivity index (χ3v) is 8.01. The van der Waals surface area contributed by atoms with E-state index in [9.17, 15) is 9.59 Å². The van der Waals surface area contributed by atoms with Gasteiger partial charge in [0, 0.05) is 11.6 Å². The highest BCUT2D eigenvalue weighted by atomic mass is 32.2. The van der Waals surface area contributed by atoms with Crippen molar-refractivity contribution in [2.45, 2.75) is 33.1 Å². The van der Waals surface area contributed by atoms with E-state index in [1.54, 1.807) is 6.08 Å². The van der Waals surface area contributed by atoms with Crippen molar-refractivity contribution in [1.82, 2.24) is 4.90 Å². The van der Waals surface area contributed by atoms with Crippen LogP contribution < -0.4 is 9.47 Å². The second-order valence-electron chi connectivity index (χ2n) is 9.79. The molecule has 1 saturated heterocycles. The summed E-state index contributed by atoms with van der Waals surface area (Å²) >= 11 is 6.71. The van der Waals surface area contributed by atoms with E-state index in [4.69, 9.17) is 21.7 Å². The Bertz CT molecular complexity index is 1580. The Morgan fingerprint density at radius 3 is 2.05 bits per heavy atom. The SMILES string of the molecule is Cc1ccc(COc2ccc(/C=C3\SC(=S)N(C(C=O)c4ccccc4)C3=O)c(OCc3ccc(C)cc3)c2)cc1. The summed E-state index contributed by atoms with van der Waals surface area (Å²) in [6, 6.07) is 30.3. The van der Waals surface area contributed by atoms with Crippen LogP contribution in [0.3, 0.4) is 0 Å². The molecule has 1 atom stereocenters. The summed E-state index contributed by atoms with van der Waals surface area (Å²) in [5.74, 6) is 0.914. The zero-order valence-electron chi connectivity index (χ0n) is 22.8. The summed E-state index contributed by atoms with van der Waals surface area (Å²) in [6.45, 7) is 4.86. The quantitative estimate of drug-likeness (QED) is 0.110. The molecule has 1 heterocycles. The summed E-state index contributed by atoms with van der Waals surface area (Å²) in [4.78, 5) is 27.3. The van der Waals surface area contributed by atoms with Crippen molar-refractivity contribution in [3.8, 4) is 11.5 Å². The molecule has 1 aliphatic rings. The molecule has 0 N–H and O–H groups in total. The molecule has 4 aromatic rings. The number of rotatable bonds is 10. The van der Waals surface area contributed by atoms with Gasteiger partial charge in [0.2, 0.25) is 0 Å². The molecule has 7 heteroatoms. The number of carbonyl (C=O) groups is 2. The number of aldehydes is 1. The number of thiocarbonyl (C=S) groups is 1. The molecule has 4 aromatic carbocycles. The number of thioether (sulfide) groups is 1. The fourth-order valence-electron chi connectivity index (χ4n) is 4.34. The van der Waals surface area contributed by atoms with Crippen molar-refractivity contribution < 1.29 is 19.1 Å². The van der Waals surface area contributed by atoms with Crippen LogP contribution in [0, 0.1) is 13.8 Å². The molecule has 5 rings (SSSR count). The lowest BCUT2D eigenvalue weighted by molar-refractivity contribution is -0.127. The van der Waals surface area contributed by atoms with Gasteiger partial charge < -0.3 is 14.3 Å². The number of nitrogens with zero attached hydrogens (tertiary/aromatic N) is 1. The molecule has 206 valence electrons. The molecule has 1 fully saturated rings. The number of ether oxygens (including phenoxy) is 2. The maximum absolute atomic E-state index is 13.5. The molecule has 0 saturated carbocycles. The molecule has 0 bridgehead atoms. The molecule has 1 amide bonds. The highest BCUT2D eigenvalue weighted by Crippen LogP contribution is 2.39. The standard InChI is InChI=1S/C34H29NO4S2/c1-23-8-12-25(13-9-23)21-38-29-17-16-28(31(19-29)39-22-26-14-10-24(2)11-15-26)18-32-33(37)35(34(40)41-32)30(20-36)27-6-4-3-5-7-27/h3-20,30H,21-22H2,1-2H3/b32-18-. The molecule has 0 radical (unpaired) electrons. The van der Waals surface area contributed by atoms with E-state index in [2.05, 4.69) is 19.1 Å². The third kappa shape index (κ3) is 6.93. The molecule has 5 nitrogen and oxygen atoms in total. The maximum atomic E-state index is 13.5. The maximum Gasteiger partial charge on any atom is 0.267 e. The Kier molecular flexibility index (Phi) is 8.97. The van der Waals surface area contributed by atoms with Crippen molar-refractivity contribution in [1.29, 1.82) is 0 Å². The normalized spacial score (nSPS) is 14.8. The number of benzene rings is 4. The van der Waals surface area contributed by atoms with E-state index in [1.165, 1.54) is 27.8 Å². The number of aryl methyl sites for hydroxylation is 2. The zero-order valence-corrected chi connectivity index (χ0v) is 24.4. The highest BCUT2D eigenvalue weighted by Gasteiger charge is 2.38. The minimum absolute atomic E-state index is 0.315. The van der Waals surface area contributed by atoms with Crippen LogP contribution >= 0.6 is 24.0 Å². The van der Waals surface area contributed by atoms with Gasteiger partial charge in [0.05, 0.1) is 4.91 Å². The Balaban J connectivity index is 1.41. The van der Waals surface area contributed by atoms with Crippen molar-refractivity contribution in [2.24, 2.45) is 0 Å². The first kappa shape index (κ1) is 28.3. The van der Waals surface area contributed by atoms with Gasteiger partial charge in [0.15, 0.2) is 0 Å². The Morgan fingerprint density at radius 1 is 0.829 bits per heavy atom. The predicted molar refractivity (Wildman–Crippen MR) is 168 cm³/mol. The van der Waals surface area contributed by atoms with Crippen LogP contribution in [-0.2, 0) is 22.8 Å². The van der Waals surface area contributed by atoms with Crippen molar-refractivity contribution >= 4 is 46.6 Å². The van der Waals surface area contributed by atoms with Crippen LogP contribution in [0.25, 0.3) is 6.08 Å². The Morgan fingerprint density at radius 2 is 1.44 bits per heavy atom. The first-order valence-electron chi connectivity index (χ1n) is 13.2. The van der Waals surface area contributed by atoms with Gasteiger partial charge in [-0.15, -0.1) is 0 Å². The first-order chi connectivity index (χ1) is 19.9. The van der Waals surface area contributed by atoms with Gasteiger partial charge in [0.25, 0.3) is 5.91 Å². The lowest BCUT2D eigenvalue weighted by Gasteiger charge is -2.22. The summed E-state index contributed by atoms with van der Waals surface area (Å²) in [7, 11) is 0. The number of hydrogen-bond donors (Lipinski definition) is 0. The van der Waals surface area contributed by atoms with Crippen LogP contribution in [0.15, 0.2) is 102 Å². The number of amides is 1. The average Bonchev–Trinajstić information content (AvgIpc) is 3.26. The highest BCUT2D eigenvalue weighted by molar-refractivity contribution is 8.26. The Hall–Kier alpha value is -4.20. The van der Waals surface area contributed by atoms with Gasteiger partial charge in [-0.05, 0) is 48.7 Å². The second-order valence-corrected chi connectivity index (χ2v) is 11.5.